The topological polar surface area (TPSA) is 24.9 Å². The monoisotopic (exact) mass is 410 g/mol. The van der Waals surface area contributed by atoms with Gasteiger partial charge in [-0.25, -0.2) is 0 Å². The van der Waals surface area contributed by atoms with E-state index in [4.69, 9.17) is 0 Å². The molecular formula is C24H30N2S2. The maximum atomic E-state index is 4.09. The summed E-state index contributed by atoms with van der Waals surface area (Å²) in [6.07, 6.45) is 5.86. The number of hydrogen-bond donors (Lipinski definition) is 2. The highest BCUT2D eigenvalue weighted by atomic mass is 32.2. The van der Waals surface area contributed by atoms with Gasteiger partial charge in [-0.3, -0.25) is 4.98 Å². The van der Waals surface area contributed by atoms with Gasteiger partial charge in [0.2, 0.25) is 0 Å². The number of benzene rings is 2. The fourth-order valence-corrected chi connectivity index (χ4v) is 3.51. The fourth-order valence-electron chi connectivity index (χ4n) is 2.54. The molecule has 1 N–H and O–H groups in total. The van der Waals surface area contributed by atoms with Crippen molar-refractivity contribution in [3.63, 3.8) is 0 Å². The van der Waals surface area contributed by atoms with Crippen LogP contribution in [0.1, 0.15) is 30.5 Å². The van der Waals surface area contributed by atoms with Crippen molar-refractivity contribution in [2.24, 2.45) is 0 Å². The summed E-state index contributed by atoms with van der Waals surface area (Å²) in [5, 5.41) is 3.23. The van der Waals surface area contributed by atoms with E-state index in [1.54, 1.807) is 6.20 Å². The zero-order valence-electron chi connectivity index (χ0n) is 16.8. The molecule has 0 bridgehead atoms. The minimum atomic E-state index is 0.875. The van der Waals surface area contributed by atoms with Gasteiger partial charge in [-0.1, -0.05) is 55.9 Å². The van der Waals surface area contributed by atoms with Crippen LogP contribution in [0.5, 0.6) is 0 Å². The van der Waals surface area contributed by atoms with E-state index in [2.05, 4.69) is 91.4 Å². The summed E-state index contributed by atoms with van der Waals surface area (Å²) in [5.41, 5.74) is 4.01. The number of thiol groups is 1. The lowest BCUT2D eigenvalue weighted by Gasteiger charge is -2.04. The van der Waals surface area contributed by atoms with E-state index in [9.17, 15) is 0 Å². The largest absolute Gasteiger partial charge is 0.312 e. The van der Waals surface area contributed by atoms with Crippen LogP contribution in [0.4, 0.5) is 0 Å². The third-order valence-corrected chi connectivity index (χ3v) is 5.48. The number of rotatable bonds is 8. The van der Waals surface area contributed by atoms with Gasteiger partial charge < -0.3 is 5.32 Å². The van der Waals surface area contributed by atoms with Crippen LogP contribution in [-0.4, -0.2) is 17.3 Å². The maximum absolute atomic E-state index is 4.09. The van der Waals surface area contributed by atoms with E-state index < -0.39 is 0 Å². The molecule has 2 nitrogen and oxygen atoms in total. The molecule has 148 valence electrons. The molecule has 0 atom stereocenters. The van der Waals surface area contributed by atoms with Crippen molar-refractivity contribution in [2.45, 2.75) is 43.0 Å². The molecule has 0 unspecified atom stereocenters. The highest BCUT2D eigenvalue weighted by Gasteiger charge is 1.98. The number of nitrogens with zero attached hydrogens (tertiary/aromatic N) is 1. The van der Waals surface area contributed by atoms with Crippen molar-refractivity contribution in [3.8, 4) is 0 Å². The minimum Gasteiger partial charge on any atom is -0.312 e. The summed E-state index contributed by atoms with van der Waals surface area (Å²) in [6.45, 7) is 6.20. The molecule has 0 amide bonds. The molecule has 4 heteroatoms. The zero-order valence-corrected chi connectivity index (χ0v) is 18.5. The van der Waals surface area contributed by atoms with Crippen molar-refractivity contribution in [1.82, 2.24) is 10.3 Å². The summed E-state index contributed by atoms with van der Waals surface area (Å²) in [6, 6.07) is 21.7. The van der Waals surface area contributed by atoms with Crippen LogP contribution >= 0.6 is 24.4 Å². The van der Waals surface area contributed by atoms with Crippen LogP contribution in [0.25, 0.3) is 0 Å². The van der Waals surface area contributed by atoms with Gasteiger partial charge in [0.05, 0.1) is 0 Å². The van der Waals surface area contributed by atoms with Crippen LogP contribution in [0.3, 0.4) is 0 Å². The number of pyridine rings is 1. The smallest absolute Gasteiger partial charge is 0.0312 e. The van der Waals surface area contributed by atoms with Crippen LogP contribution in [0, 0.1) is 0 Å². The lowest BCUT2D eigenvalue weighted by Crippen LogP contribution is -2.15. The standard InChI is InChI=1S/C16H18S.C8H12N2S/c1-3-13-5-9-15(10-6-13)17-16-11-7-14(4-2)8-12-16;11-5-4-10-7-8-2-1-3-9-6-8/h5-12H,3-4H2,1-2H3;1-3,6,10-11H,4-5,7H2. The third kappa shape index (κ3) is 8.51. The van der Waals surface area contributed by atoms with Crippen LogP contribution < -0.4 is 5.32 Å². The lowest BCUT2D eigenvalue weighted by atomic mass is 10.2. The average Bonchev–Trinajstić information content (AvgIpc) is 2.76. The van der Waals surface area contributed by atoms with Crippen molar-refractivity contribution in [2.75, 3.05) is 12.3 Å². The van der Waals surface area contributed by atoms with Gasteiger partial charge in [0.1, 0.15) is 0 Å². The Bertz CT molecular complexity index is 726. The SMILES string of the molecule is CCc1ccc(Sc2ccc(CC)cc2)cc1.SCCNCc1cccnc1. The van der Waals surface area contributed by atoms with Crippen LogP contribution in [-0.2, 0) is 19.4 Å². The van der Waals surface area contributed by atoms with E-state index in [0.29, 0.717) is 0 Å². The van der Waals surface area contributed by atoms with Gasteiger partial charge in [-0.05, 0) is 59.9 Å². The normalized spacial score (nSPS) is 10.2. The predicted molar refractivity (Wildman–Crippen MR) is 126 cm³/mol. The Labute approximate surface area is 179 Å². The maximum Gasteiger partial charge on any atom is 0.0312 e. The molecule has 28 heavy (non-hydrogen) atoms. The number of hydrogen-bond acceptors (Lipinski definition) is 4. The summed E-state index contributed by atoms with van der Waals surface area (Å²) < 4.78 is 0. The van der Waals surface area contributed by atoms with Crippen molar-refractivity contribution in [1.29, 1.82) is 0 Å². The molecule has 3 aromatic rings. The van der Waals surface area contributed by atoms with Gasteiger partial charge in [0.25, 0.3) is 0 Å². The first-order chi connectivity index (χ1) is 13.7. The van der Waals surface area contributed by atoms with Gasteiger partial charge in [0.15, 0.2) is 0 Å². The molecule has 1 aromatic heterocycles. The highest BCUT2D eigenvalue weighted by molar-refractivity contribution is 7.99. The number of nitrogens with one attached hydrogen (secondary N) is 1. The Morgan fingerprint density at radius 3 is 1.82 bits per heavy atom. The van der Waals surface area contributed by atoms with Gasteiger partial charge in [-0.2, -0.15) is 12.6 Å². The fraction of sp³-hybridized carbons (Fsp3) is 0.292. The molecule has 0 aliphatic rings. The molecule has 0 spiro atoms. The summed E-state index contributed by atoms with van der Waals surface area (Å²) >= 11 is 5.91. The first kappa shape index (κ1) is 22.5. The second-order valence-corrected chi connectivity index (χ2v) is 7.95. The highest BCUT2D eigenvalue weighted by Crippen LogP contribution is 2.28. The molecule has 0 radical (unpaired) electrons. The van der Waals surface area contributed by atoms with Gasteiger partial charge >= 0.3 is 0 Å². The van der Waals surface area contributed by atoms with E-state index in [-0.39, 0.29) is 0 Å². The molecule has 0 aliphatic carbocycles. The van der Waals surface area contributed by atoms with Crippen molar-refractivity contribution < 1.29 is 0 Å². The minimum absolute atomic E-state index is 0.875. The van der Waals surface area contributed by atoms with Gasteiger partial charge in [0, 0.05) is 41.0 Å². The second kappa shape index (κ2) is 13.4. The Kier molecular flexibility index (Phi) is 10.8. The van der Waals surface area contributed by atoms with Gasteiger partial charge in [-0.15, -0.1) is 0 Å². The summed E-state index contributed by atoms with van der Waals surface area (Å²) in [5.74, 6) is 0.875. The first-order valence-corrected chi connectivity index (χ1v) is 11.3. The molecule has 1 heterocycles. The molecule has 3 rings (SSSR count). The molecule has 2 aromatic carbocycles. The average molecular weight is 411 g/mol. The molecular weight excluding hydrogens is 380 g/mol. The molecule has 0 saturated heterocycles. The van der Waals surface area contributed by atoms with Crippen molar-refractivity contribution in [3.05, 3.63) is 89.7 Å². The Morgan fingerprint density at radius 2 is 1.39 bits per heavy atom. The number of aromatic nitrogens is 1. The summed E-state index contributed by atoms with van der Waals surface area (Å²) in [7, 11) is 0. The number of aryl methyl sites for hydroxylation is 2. The molecule has 0 saturated carbocycles. The van der Waals surface area contributed by atoms with E-state index in [0.717, 1.165) is 31.7 Å². The predicted octanol–water partition coefficient (Wildman–Crippen LogP) is 6.06. The second-order valence-electron chi connectivity index (χ2n) is 6.36. The Balaban J connectivity index is 0.000000221. The van der Waals surface area contributed by atoms with E-state index in [1.807, 2.05) is 24.0 Å². The molecule has 0 aliphatic heterocycles. The summed E-state index contributed by atoms with van der Waals surface area (Å²) in [4.78, 5) is 6.63. The first-order valence-electron chi connectivity index (χ1n) is 9.81. The van der Waals surface area contributed by atoms with Crippen LogP contribution in [0.2, 0.25) is 0 Å². The zero-order chi connectivity index (χ0) is 20.0. The third-order valence-electron chi connectivity index (χ3n) is 4.24. The van der Waals surface area contributed by atoms with E-state index >= 15 is 0 Å². The quantitative estimate of drug-likeness (QED) is 0.348. The Morgan fingerprint density at radius 1 is 0.821 bits per heavy atom. The lowest BCUT2D eigenvalue weighted by molar-refractivity contribution is 0.730. The Hall–Kier alpha value is -1.75. The molecule has 0 fully saturated rings. The van der Waals surface area contributed by atoms with E-state index in [1.165, 1.54) is 26.5 Å². The van der Waals surface area contributed by atoms with Crippen molar-refractivity contribution >= 4 is 24.4 Å². The van der Waals surface area contributed by atoms with Crippen LogP contribution in [0.15, 0.2) is 82.8 Å².